The highest BCUT2D eigenvalue weighted by Gasteiger charge is 2.24. The van der Waals surface area contributed by atoms with Crippen LogP contribution in [0.1, 0.15) is 44.4 Å². The van der Waals surface area contributed by atoms with Crippen LogP contribution < -0.4 is 9.47 Å². The first-order valence-corrected chi connectivity index (χ1v) is 9.32. The molecule has 0 radical (unpaired) electrons. The average molecular weight is 402 g/mol. The van der Waals surface area contributed by atoms with Gasteiger partial charge in [0.25, 0.3) is 0 Å². The maximum absolute atomic E-state index is 11.0. The van der Waals surface area contributed by atoms with Gasteiger partial charge in [-0.1, -0.05) is 24.3 Å². The molecule has 0 amide bonds. The highest BCUT2D eigenvalue weighted by molar-refractivity contribution is 5.88. The largest absolute Gasteiger partial charge is 0.485 e. The van der Waals surface area contributed by atoms with Gasteiger partial charge in [0.05, 0.1) is 11.1 Å². The number of carboxylic acid groups (broad SMARTS) is 2. The van der Waals surface area contributed by atoms with Gasteiger partial charge < -0.3 is 19.7 Å². The molecular weight excluding hydrogens is 384 g/mol. The van der Waals surface area contributed by atoms with Crippen molar-refractivity contribution in [3.8, 4) is 11.5 Å². The van der Waals surface area contributed by atoms with Crippen LogP contribution in [0.4, 0.5) is 0 Å². The van der Waals surface area contributed by atoms with E-state index in [1.807, 2.05) is 30.3 Å². The minimum absolute atomic E-state index is 0.197. The molecule has 3 aromatic carbocycles. The maximum Gasteiger partial charge on any atom is 0.335 e. The zero-order chi connectivity index (χ0) is 21.1. The first-order valence-electron chi connectivity index (χ1n) is 9.32. The SMILES string of the molecule is O=C(O)c1ccc(OC2=CCC(Oc3ccc(C(=O)O)cc3)c3ccccc32)cc1. The van der Waals surface area contributed by atoms with Crippen molar-refractivity contribution < 1.29 is 29.3 Å². The number of rotatable bonds is 6. The van der Waals surface area contributed by atoms with Gasteiger partial charge in [0.15, 0.2) is 0 Å². The van der Waals surface area contributed by atoms with E-state index in [0.29, 0.717) is 23.7 Å². The minimum atomic E-state index is -0.986. The molecule has 1 aliphatic rings. The summed E-state index contributed by atoms with van der Waals surface area (Å²) in [6.45, 7) is 0. The quantitative estimate of drug-likeness (QED) is 0.601. The van der Waals surface area contributed by atoms with Gasteiger partial charge >= 0.3 is 11.9 Å². The maximum atomic E-state index is 11.0. The summed E-state index contributed by atoms with van der Waals surface area (Å²) in [6.07, 6.45) is 2.27. The van der Waals surface area contributed by atoms with Crippen LogP contribution in [0.15, 0.2) is 78.9 Å². The molecule has 0 spiro atoms. The Morgan fingerprint density at radius 3 is 1.93 bits per heavy atom. The predicted octanol–water partition coefficient (Wildman–Crippen LogP) is 5.03. The summed E-state index contributed by atoms with van der Waals surface area (Å²) in [7, 11) is 0. The van der Waals surface area contributed by atoms with E-state index in [2.05, 4.69) is 0 Å². The van der Waals surface area contributed by atoms with Gasteiger partial charge in [0, 0.05) is 17.5 Å². The van der Waals surface area contributed by atoms with E-state index < -0.39 is 11.9 Å². The fourth-order valence-corrected chi connectivity index (χ4v) is 3.29. The summed E-state index contributed by atoms with van der Waals surface area (Å²) < 4.78 is 12.1. The van der Waals surface area contributed by atoms with Crippen LogP contribution in [0.3, 0.4) is 0 Å². The predicted molar refractivity (Wildman–Crippen MR) is 110 cm³/mol. The lowest BCUT2D eigenvalue weighted by Gasteiger charge is -2.26. The number of benzene rings is 3. The summed E-state index contributed by atoms with van der Waals surface area (Å²) in [4.78, 5) is 22.0. The van der Waals surface area contributed by atoms with E-state index in [9.17, 15) is 9.59 Å². The highest BCUT2D eigenvalue weighted by Crippen LogP contribution is 2.37. The lowest BCUT2D eigenvalue weighted by Crippen LogP contribution is -2.15. The van der Waals surface area contributed by atoms with Gasteiger partial charge in [0.2, 0.25) is 0 Å². The number of ether oxygens (including phenoxy) is 2. The first-order chi connectivity index (χ1) is 14.5. The number of carbonyl (C=O) groups is 2. The summed E-state index contributed by atoms with van der Waals surface area (Å²) in [5, 5.41) is 18.1. The average Bonchev–Trinajstić information content (AvgIpc) is 2.76. The van der Waals surface area contributed by atoms with Crippen molar-refractivity contribution in [1.29, 1.82) is 0 Å². The third kappa shape index (κ3) is 4.03. The molecule has 150 valence electrons. The number of aromatic carboxylic acids is 2. The molecule has 6 nitrogen and oxygen atoms in total. The van der Waals surface area contributed by atoms with Gasteiger partial charge in [0.1, 0.15) is 23.4 Å². The van der Waals surface area contributed by atoms with Gasteiger partial charge in [-0.2, -0.15) is 0 Å². The normalized spacial score (nSPS) is 14.9. The molecule has 0 saturated heterocycles. The van der Waals surface area contributed by atoms with Crippen LogP contribution in [0.5, 0.6) is 11.5 Å². The number of carboxylic acids is 2. The number of fused-ring (bicyclic) bond motifs is 1. The van der Waals surface area contributed by atoms with E-state index in [1.54, 1.807) is 24.3 Å². The first kappa shape index (κ1) is 19.3. The second-order valence-electron chi connectivity index (χ2n) is 6.76. The molecule has 0 bridgehead atoms. The lowest BCUT2D eigenvalue weighted by atomic mass is 9.93. The van der Waals surface area contributed by atoms with E-state index >= 15 is 0 Å². The molecule has 0 fully saturated rings. The molecule has 0 aliphatic heterocycles. The Bertz CT molecular complexity index is 1110. The summed E-state index contributed by atoms with van der Waals surface area (Å²) in [6, 6.07) is 20.3. The Morgan fingerprint density at radius 2 is 1.33 bits per heavy atom. The molecule has 1 unspecified atom stereocenters. The van der Waals surface area contributed by atoms with Gasteiger partial charge in [-0.05, 0) is 54.6 Å². The van der Waals surface area contributed by atoms with E-state index in [4.69, 9.17) is 19.7 Å². The summed E-state index contributed by atoms with van der Waals surface area (Å²) in [5.41, 5.74) is 2.25. The summed E-state index contributed by atoms with van der Waals surface area (Å²) in [5.74, 6) is -0.160. The fourth-order valence-electron chi connectivity index (χ4n) is 3.29. The summed E-state index contributed by atoms with van der Waals surface area (Å²) >= 11 is 0. The minimum Gasteiger partial charge on any atom is -0.485 e. The molecule has 2 N–H and O–H groups in total. The molecular formula is C24H18O6. The Morgan fingerprint density at radius 1 is 0.767 bits per heavy atom. The van der Waals surface area contributed by atoms with Crippen LogP contribution in [-0.4, -0.2) is 22.2 Å². The molecule has 0 heterocycles. The Balaban J connectivity index is 1.54. The monoisotopic (exact) mass is 402 g/mol. The second-order valence-corrected chi connectivity index (χ2v) is 6.76. The zero-order valence-corrected chi connectivity index (χ0v) is 15.8. The van der Waals surface area contributed by atoms with Crippen molar-refractivity contribution in [2.24, 2.45) is 0 Å². The lowest BCUT2D eigenvalue weighted by molar-refractivity contribution is 0.0686. The zero-order valence-electron chi connectivity index (χ0n) is 15.8. The standard InChI is InChI=1S/C24H18O6/c25-23(26)15-5-9-17(10-6-15)29-21-13-14-22(20-4-2-1-3-19(20)21)30-18-11-7-16(8-12-18)24(27)28/h1-13,22H,14H2,(H,25,26)(H,27,28). The van der Waals surface area contributed by atoms with Crippen LogP contribution in [-0.2, 0) is 0 Å². The third-order valence-electron chi connectivity index (χ3n) is 4.80. The van der Waals surface area contributed by atoms with Crippen molar-refractivity contribution in [2.45, 2.75) is 12.5 Å². The van der Waals surface area contributed by atoms with Gasteiger partial charge in [-0.15, -0.1) is 0 Å². The van der Waals surface area contributed by atoms with E-state index in [-0.39, 0.29) is 17.2 Å². The van der Waals surface area contributed by atoms with E-state index in [1.165, 1.54) is 24.3 Å². The van der Waals surface area contributed by atoms with Crippen molar-refractivity contribution in [2.75, 3.05) is 0 Å². The van der Waals surface area contributed by atoms with Crippen molar-refractivity contribution in [1.82, 2.24) is 0 Å². The Labute approximate surface area is 172 Å². The molecule has 1 aliphatic carbocycles. The molecule has 4 rings (SSSR count). The van der Waals surface area contributed by atoms with Crippen LogP contribution in [0.25, 0.3) is 5.76 Å². The molecule has 30 heavy (non-hydrogen) atoms. The molecule has 1 atom stereocenters. The number of hydrogen-bond acceptors (Lipinski definition) is 4. The molecule has 0 aromatic heterocycles. The van der Waals surface area contributed by atoms with Crippen LogP contribution in [0, 0.1) is 0 Å². The van der Waals surface area contributed by atoms with Gasteiger partial charge in [-0.25, -0.2) is 9.59 Å². The fraction of sp³-hybridized carbons (Fsp3) is 0.0833. The van der Waals surface area contributed by atoms with Crippen molar-refractivity contribution in [3.63, 3.8) is 0 Å². The molecule has 3 aromatic rings. The van der Waals surface area contributed by atoms with E-state index in [0.717, 1.165) is 11.1 Å². The highest BCUT2D eigenvalue weighted by atomic mass is 16.5. The van der Waals surface area contributed by atoms with Crippen LogP contribution >= 0.6 is 0 Å². The topological polar surface area (TPSA) is 93.1 Å². The molecule has 0 saturated carbocycles. The Hall–Kier alpha value is -4.06. The smallest absolute Gasteiger partial charge is 0.335 e. The molecule has 6 heteroatoms. The second kappa shape index (κ2) is 8.13. The third-order valence-corrected chi connectivity index (χ3v) is 4.80. The van der Waals surface area contributed by atoms with Crippen molar-refractivity contribution in [3.05, 3.63) is 101 Å². The van der Waals surface area contributed by atoms with Crippen molar-refractivity contribution >= 4 is 17.7 Å². The Kier molecular flexibility index (Phi) is 5.22. The van der Waals surface area contributed by atoms with Gasteiger partial charge in [-0.3, -0.25) is 0 Å². The number of hydrogen-bond donors (Lipinski definition) is 2. The van der Waals surface area contributed by atoms with Crippen LogP contribution in [0.2, 0.25) is 0 Å².